The number of nitrogens with one attached hydrogen (secondary N) is 3. The lowest BCUT2D eigenvalue weighted by Crippen LogP contribution is -2.65. The van der Waals surface area contributed by atoms with Crippen molar-refractivity contribution in [1.29, 1.82) is 0 Å². The molecular weight excluding hydrogens is 1230 g/mol. The average molecular weight is 1340 g/mol. The third kappa shape index (κ3) is 28.7. The summed E-state index contributed by atoms with van der Waals surface area (Å²) in [5.74, 6) is -7.04. The summed E-state index contributed by atoms with van der Waals surface area (Å²) in [7, 11) is 7.39. The van der Waals surface area contributed by atoms with E-state index in [0.717, 1.165) is 18.8 Å². The number of amides is 2. The van der Waals surface area contributed by atoms with Gasteiger partial charge >= 0.3 is 5.97 Å². The van der Waals surface area contributed by atoms with Gasteiger partial charge in [0, 0.05) is 102 Å². The Hall–Kier alpha value is -5.69. The van der Waals surface area contributed by atoms with Crippen LogP contribution in [0, 0.1) is 17.8 Å². The van der Waals surface area contributed by atoms with Crippen molar-refractivity contribution in [2.24, 2.45) is 17.8 Å². The zero-order valence-electron chi connectivity index (χ0n) is 56.2. The molecule has 13 N–H and O–H groups in total. The summed E-state index contributed by atoms with van der Waals surface area (Å²) in [6, 6.07) is 5.69. The Balaban J connectivity index is 1.39. The van der Waals surface area contributed by atoms with Crippen molar-refractivity contribution < 1.29 is 94.0 Å². The summed E-state index contributed by atoms with van der Waals surface area (Å²) in [6.07, 6.45) is 2.29. The summed E-state index contributed by atoms with van der Waals surface area (Å²) < 4.78 is 24.8. The van der Waals surface area contributed by atoms with E-state index in [1.54, 1.807) is 117 Å². The van der Waals surface area contributed by atoms with Crippen molar-refractivity contribution in [1.82, 2.24) is 25.3 Å². The molecule has 2 bridgehead atoms. The number of esters is 1. The van der Waals surface area contributed by atoms with Gasteiger partial charge in [-0.3, -0.25) is 28.9 Å². The van der Waals surface area contributed by atoms with E-state index >= 15 is 0 Å². The molecule has 0 saturated carbocycles. The van der Waals surface area contributed by atoms with E-state index in [-0.39, 0.29) is 50.0 Å². The minimum atomic E-state index is -2.32. The molecule has 5 rings (SSSR count). The fourth-order valence-corrected chi connectivity index (χ4v) is 12.2. The second-order valence-electron chi connectivity index (χ2n) is 26.3. The third-order valence-electron chi connectivity index (χ3n) is 17.5. The van der Waals surface area contributed by atoms with Crippen molar-refractivity contribution in [2.45, 2.75) is 195 Å². The molecule has 95 heavy (non-hydrogen) atoms. The number of aliphatic hydroxyl groups is 10. The number of hydrogen-bond donors (Lipinski definition) is 13. The normalized spacial score (nSPS) is 33.2. The molecule has 25 nitrogen and oxygen atoms in total. The Morgan fingerprint density at radius 3 is 1.92 bits per heavy atom. The third-order valence-corrected chi connectivity index (χ3v) is 17.5. The first-order chi connectivity index (χ1) is 45.1. The van der Waals surface area contributed by atoms with Crippen LogP contribution in [0.1, 0.15) is 108 Å². The van der Waals surface area contributed by atoms with E-state index in [0.29, 0.717) is 31.6 Å². The van der Waals surface area contributed by atoms with Gasteiger partial charge in [0.25, 0.3) is 0 Å². The Morgan fingerprint density at radius 2 is 1.31 bits per heavy atom. The van der Waals surface area contributed by atoms with Crippen LogP contribution in [0.3, 0.4) is 0 Å². The van der Waals surface area contributed by atoms with Crippen LogP contribution >= 0.6 is 0 Å². The number of benzene rings is 1. The van der Waals surface area contributed by atoms with Gasteiger partial charge in [-0.2, -0.15) is 0 Å². The molecule has 19 atom stereocenters. The lowest BCUT2D eigenvalue weighted by molar-refractivity contribution is -0.307. The van der Waals surface area contributed by atoms with Gasteiger partial charge in [0.1, 0.15) is 24.1 Å². The number of fused-ring (bicyclic) bond motifs is 2. The molecule has 0 aromatic heterocycles. The molecule has 4 aliphatic rings. The lowest BCUT2D eigenvalue weighted by Gasteiger charge is -2.46. The van der Waals surface area contributed by atoms with Crippen molar-refractivity contribution in [2.75, 3.05) is 79.3 Å². The molecule has 19 unspecified atom stereocenters. The van der Waals surface area contributed by atoms with E-state index in [1.165, 1.54) is 0 Å². The van der Waals surface area contributed by atoms with Crippen molar-refractivity contribution in [3.05, 3.63) is 115 Å². The molecule has 0 spiro atoms. The van der Waals surface area contributed by atoms with E-state index in [4.69, 9.17) is 18.9 Å². The number of carbonyl (C=O) groups is 5. The first-order valence-electron chi connectivity index (χ1n) is 33.3. The van der Waals surface area contributed by atoms with Gasteiger partial charge < -0.3 is 95.8 Å². The van der Waals surface area contributed by atoms with Crippen LogP contribution in [0.4, 0.5) is 5.69 Å². The molecule has 25 heteroatoms. The number of ketones is 2. The topological polar surface area (TPSA) is 370 Å². The Morgan fingerprint density at radius 1 is 0.726 bits per heavy atom. The van der Waals surface area contributed by atoms with Gasteiger partial charge in [0.2, 0.25) is 11.8 Å². The number of rotatable bonds is 17. The number of aliphatic hydroxyl groups excluding tert-OH is 9. The summed E-state index contributed by atoms with van der Waals surface area (Å²) in [6.45, 7) is 8.74. The van der Waals surface area contributed by atoms with Crippen LogP contribution in [0.15, 0.2) is 109 Å². The number of hydrogen-bond acceptors (Lipinski definition) is 23. The fourth-order valence-electron chi connectivity index (χ4n) is 12.2. The number of nitrogens with zero attached hydrogens (tertiary/aromatic N) is 3. The minimum Gasteiger partial charge on any atom is -0.461 e. The molecule has 1 aromatic rings. The summed E-state index contributed by atoms with van der Waals surface area (Å²) in [5.41, 5.74) is 1.30. The SMILES string of the molecule is CNc1ccc(C(=O)CC(O)CCC(C)C2OC(=O)CC(O)CC(=O)CC(O)CC(O)CC(O)CC(O)CC3(O)CC(O)C(C(=O)NCCN(C)C)C(CC(OC4OC(C)C(O)C(NC(=O)CN5CCN(C)CC5)C4O)C=CC=C/C=C\C=CC=CC=CC=CC2C)O3)cc1. The van der Waals surface area contributed by atoms with Gasteiger partial charge in [0.05, 0.1) is 86.0 Å². The van der Waals surface area contributed by atoms with Gasteiger partial charge in [-0.05, 0) is 90.4 Å². The number of likely N-dealkylation sites (N-methyl/N-ethyl adjacent to an activating group) is 2. The smallest absolute Gasteiger partial charge is 0.308 e. The Kier molecular flexibility index (Phi) is 34.4. The van der Waals surface area contributed by atoms with Crippen LogP contribution in [-0.2, 0) is 38.1 Å². The zero-order chi connectivity index (χ0) is 69.8. The maximum atomic E-state index is 14.1. The first kappa shape index (κ1) is 80.0. The first-order valence-corrected chi connectivity index (χ1v) is 33.3. The van der Waals surface area contributed by atoms with Crippen LogP contribution in [-0.4, -0.2) is 267 Å². The quantitative estimate of drug-likeness (QED) is 0.0780. The van der Waals surface area contributed by atoms with Crippen molar-refractivity contribution in [3.63, 3.8) is 0 Å². The second kappa shape index (κ2) is 40.9. The maximum Gasteiger partial charge on any atom is 0.308 e. The highest BCUT2D eigenvalue weighted by Crippen LogP contribution is 2.38. The van der Waals surface area contributed by atoms with Crippen LogP contribution in [0.2, 0.25) is 0 Å². The monoisotopic (exact) mass is 1340 g/mol. The number of piperazine rings is 1. The van der Waals surface area contributed by atoms with Crippen molar-refractivity contribution in [3.8, 4) is 0 Å². The molecule has 3 fully saturated rings. The fraction of sp³-hybridized carbons (Fsp3) is 0.643. The van der Waals surface area contributed by atoms with Gasteiger partial charge in [-0.25, -0.2) is 0 Å². The minimum absolute atomic E-state index is 0.0259. The lowest BCUT2D eigenvalue weighted by atomic mass is 9.82. The summed E-state index contributed by atoms with van der Waals surface area (Å²) in [4.78, 5) is 73.0. The molecule has 3 saturated heterocycles. The molecular formula is C70H108N6O19. The summed E-state index contributed by atoms with van der Waals surface area (Å²) in [5, 5.41) is 122. The second-order valence-corrected chi connectivity index (χ2v) is 26.3. The predicted octanol–water partition coefficient (Wildman–Crippen LogP) is 1.74. The van der Waals surface area contributed by atoms with E-state index in [2.05, 4.69) is 20.9 Å². The van der Waals surface area contributed by atoms with Gasteiger partial charge in [-0.1, -0.05) is 98.9 Å². The zero-order valence-corrected chi connectivity index (χ0v) is 56.2. The standard InChI is InChI=1S/C70H108N6O19/c1-45-20-18-16-14-12-10-8-9-11-13-15-17-19-21-57(93-69-66(89)64(65(88)47(3)92-69)73-61(86)44-76-32-30-75(7)31-33-76)41-60-63(68(90)72-28-29-74(5)6)59(85)43-70(91,95-60)42-56(83)38-54(81)36-52(79)34-51(78)35-53(80)37-55(82)40-62(87)94-67(45)46(2)22-27-50(77)39-58(84)48-23-25-49(71-4)26-24-48/h8-21,23-26,45-47,50-52,54-57,59-60,63-67,69,71,77-79,81-83,85,88-89,91H,22,27-44H2,1-7H3,(H,72,90)(H,73,86)/b9-8?,12-10?,13-11-,16-14?,17-15?,20-18?,21-19?. The molecule has 4 heterocycles. The number of carbonyl (C=O) groups excluding carboxylic acids is 5. The van der Waals surface area contributed by atoms with E-state index in [9.17, 15) is 75.0 Å². The van der Waals surface area contributed by atoms with E-state index in [1.807, 2.05) is 50.9 Å². The largest absolute Gasteiger partial charge is 0.461 e. The average Bonchev–Trinajstić information content (AvgIpc) is 0.810. The number of ether oxygens (including phenoxy) is 4. The van der Waals surface area contributed by atoms with E-state index < -0.39 is 178 Å². The number of cyclic esters (lactones) is 1. The Bertz CT molecular complexity index is 2740. The van der Waals surface area contributed by atoms with Gasteiger partial charge in [-0.15, -0.1) is 0 Å². The van der Waals surface area contributed by atoms with Gasteiger partial charge in [0.15, 0.2) is 17.9 Å². The van der Waals surface area contributed by atoms with Crippen LogP contribution in [0.5, 0.6) is 0 Å². The number of anilines is 1. The molecule has 4 aliphatic heterocycles. The van der Waals surface area contributed by atoms with Crippen molar-refractivity contribution >= 4 is 35.0 Å². The molecule has 2 amide bonds. The maximum absolute atomic E-state index is 14.1. The highest BCUT2D eigenvalue weighted by Gasteiger charge is 2.51. The highest BCUT2D eigenvalue weighted by atomic mass is 16.7. The van der Waals surface area contributed by atoms with Crippen LogP contribution < -0.4 is 16.0 Å². The number of allylic oxidation sites excluding steroid dienone is 12. The molecule has 0 aliphatic carbocycles. The predicted molar refractivity (Wildman–Crippen MR) is 357 cm³/mol. The highest BCUT2D eigenvalue weighted by molar-refractivity contribution is 5.96. The summed E-state index contributed by atoms with van der Waals surface area (Å²) >= 11 is 0. The Labute approximate surface area is 559 Å². The molecule has 0 radical (unpaired) electrons. The molecule has 1 aromatic carbocycles. The number of Topliss-reactive ketones (excluding diaryl/α,β-unsaturated/α-hetero) is 2. The van der Waals surface area contributed by atoms with Crippen LogP contribution in [0.25, 0.3) is 0 Å². The molecule has 532 valence electrons.